The Labute approximate surface area is 198 Å². The van der Waals surface area contributed by atoms with E-state index in [9.17, 15) is 4.79 Å². The summed E-state index contributed by atoms with van der Waals surface area (Å²) in [4.78, 5) is 26.4. The lowest BCUT2D eigenvalue weighted by Gasteiger charge is -2.27. The van der Waals surface area contributed by atoms with Crippen molar-refractivity contribution in [3.8, 4) is 11.3 Å². The van der Waals surface area contributed by atoms with E-state index in [0.717, 1.165) is 55.5 Å². The van der Waals surface area contributed by atoms with Gasteiger partial charge in [0, 0.05) is 69.5 Å². The van der Waals surface area contributed by atoms with Crippen molar-refractivity contribution in [1.82, 2.24) is 30.5 Å². The Morgan fingerprint density at radius 2 is 1.97 bits per heavy atom. The number of benzene rings is 1. The van der Waals surface area contributed by atoms with E-state index < -0.39 is 5.97 Å². The van der Waals surface area contributed by atoms with Gasteiger partial charge < -0.3 is 26.4 Å². The van der Waals surface area contributed by atoms with Gasteiger partial charge in [0.15, 0.2) is 0 Å². The van der Waals surface area contributed by atoms with Gasteiger partial charge in [0.1, 0.15) is 5.82 Å². The van der Waals surface area contributed by atoms with Gasteiger partial charge in [-0.3, -0.25) is 9.69 Å². The number of carboxylic acids is 1. The van der Waals surface area contributed by atoms with Crippen molar-refractivity contribution in [3.05, 3.63) is 60.4 Å². The van der Waals surface area contributed by atoms with Crippen molar-refractivity contribution < 1.29 is 9.90 Å². The molecule has 4 rings (SSSR count). The molecule has 0 radical (unpaired) electrons. The van der Waals surface area contributed by atoms with Crippen LogP contribution in [0.2, 0.25) is 0 Å². The Morgan fingerprint density at radius 3 is 2.76 bits per heavy atom. The summed E-state index contributed by atoms with van der Waals surface area (Å²) >= 11 is 0. The van der Waals surface area contributed by atoms with Crippen LogP contribution in [0.25, 0.3) is 11.3 Å². The monoisotopic (exact) mass is 462 g/mol. The van der Waals surface area contributed by atoms with Gasteiger partial charge in [-0.15, -0.1) is 0 Å². The van der Waals surface area contributed by atoms with Crippen molar-refractivity contribution in [2.75, 3.05) is 56.4 Å². The highest BCUT2D eigenvalue weighted by Gasteiger charge is 2.10. The molecule has 34 heavy (non-hydrogen) atoms. The molecule has 0 unspecified atom stereocenters. The van der Waals surface area contributed by atoms with E-state index in [1.807, 2.05) is 24.3 Å². The standard InChI is InChI=1S/C24H30N8O2/c33-23(34)16-26-8-9-27-22-5-4-19(15-29-22)21-6-7-28-24(31-21)30-20-3-1-2-18(14-20)17-32-12-10-25-11-13-32/h1-7,14-15,25-26H,8-13,16-17H2,(H,27,29)(H,33,34)(H,28,30,31). The molecule has 0 saturated carbocycles. The van der Waals surface area contributed by atoms with Gasteiger partial charge in [-0.1, -0.05) is 12.1 Å². The molecular weight excluding hydrogens is 432 g/mol. The third-order valence-electron chi connectivity index (χ3n) is 5.40. The minimum absolute atomic E-state index is 0.0570. The van der Waals surface area contributed by atoms with Crippen LogP contribution in [-0.4, -0.2) is 76.7 Å². The second-order valence-electron chi connectivity index (χ2n) is 8.05. The van der Waals surface area contributed by atoms with Crippen LogP contribution in [0.1, 0.15) is 5.56 Å². The SMILES string of the molecule is O=C(O)CNCCNc1ccc(-c2ccnc(Nc3cccc(CN4CCNCC4)c3)n2)cn1. The molecular formula is C24H30N8O2. The maximum atomic E-state index is 10.5. The number of rotatable bonds is 11. The fourth-order valence-electron chi connectivity index (χ4n) is 3.71. The predicted octanol–water partition coefficient (Wildman–Crippen LogP) is 1.77. The fraction of sp³-hybridized carbons (Fsp3) is 0.333. The molecule has 3 aromatic rings. The maximum absolute atomic E-state index is 10.5. The van der Waals surface area contributed by atoms with E-state index in [4.69, 9.17) is 5.11 Å². The second kappa shape index (κ2) is 12.0. The Bertz CT molecular complexity index is 1070. The number of carbonyl (C=O) groups is 1. The number of piperazine rings is 1. The largest absolute Gasteiger partial charge is 0.480 e. The highest BCUT2D eigenvalue weighted by Crippen LogP contribution is 2.21. The summed E-state index contributed by atoms with van der Waals surface area (Å²) in [6.07, 6.45) is 3.49. The summed E-state index contributed by atoms with van der Waals surface area (Å²) in [5.74, 6) is 0.377. The van der Waals surface area contributed by atoms with E-state index in [0.29, 0.717) is 19.0 Å². The first kappa shape index (κ1) is 23.6. The molecule has 2 aromatic heterocycles. The molecule has 1 aliphatic heterocycles. The number of pyridine rings is 1. The lowest BCUT2D eigenvalue weighted by atomic mass is 10.1. The molecule has 0 amide bonds. The number of aliphatic carboxylic acids is 1. The van der Waals surface area contributed by atoms with Crippen molar-refractivity contribution >= 4 is 23.4 Å². The number of anilines is 3. The third-order valence-corrected chi connectivity index (χ3v) is 5.40. The highest BCUT2D eigenvalue weighted by atomic mass is 16.4. The van der Waals surface area contributed by atoms with Crippen molar-refractivity contribution in [2.45, 2.75) is 6.54 Å². The van der Waals surface area contributed by atoms with Crippen LogP contribution in [0.5, 0.6) is 0 Å². The van der Waals surface area contributed by atoms with E-state index in [-0.39, 0.29) is 6.54 Å². The Hall–Kier alpha value is -3.60. The normalized spacial score (nSPS) is 14.0. The first-order valence-electron chi connectivity index (χ1n) is 11.4. The zero-order valence-corrected chi connectivity index (χ0v) is 19.0. The summed E-state index contributed by atoms with van der Waals surface area (Å²) in [5, 5.41) is 21.3. The van der Waals surface area contributed by atoms with Crippen LogP contribution in [0.4, 0.5) is 17.5 Å². The van der Waals surface area contributed by atoms with Gasteiger partial charge in [0.05, 0.1) is 12.2 Å². The van der Waals surface area contributed by atoms with Crippen molar-refractivity contribution in [3.63, 3.8) is 0 Å². The van der Waals surface area contributed by atoms with Crippen LogP contribution >= 0.6 is 0 Å². The first-order chi connectivity index (χ1) is 16.7. The maximum Gasteiger partial charge on any atom is 0.317 e. The second-order valence-corrected chi connectivity index (χ2v) is 8.05. The number of nitrogens with one attached hydrogen (secondary N) is 4. The summed E-state index contributed by atoms with van der Waals surface area (Å²) in [5.41, 5.74) is 3.87. The summed E-state index contributed by atoms with van der Waals surface area (Å²) < 4.78 is 0. The molecule has 10 nitrogen and oxygen atoms in total. The molecule has 10 heteroatoms. The number of carboxylic acid groups (broad SMARTS) is 1. The first-order valence-corrected chi connectivity index (χ1v) is 11.4. The third kappa shape index (κ3) is 7.20. The van der Waals surface area contributed by atoms with Gasteiger partial charge in [-0.05, 0) is 35.9 Å². The minimum atomic E-state index is -0.871. The zero-order valence-electron chi connectivity index (χ0n) is 19.0. The topological polar surface area (TPSA) is 127 Å². The molecule has 178 valence electrons. The number of hydrogen-bond donors (Lipinski definition) is 5. The molecule has 5 N–H and O–H groups in total. The Morgan fingerprint density at radius 1 is 1.09 bits per heavy atom. The number of nitrogens with zero attached hydrogens (tertiary/aromatic N) is 4. The molecule has 1 aromatic carbocycles. The molecule has 0 spiro atoms. The zero-order chi connectivity index (χ0) is 23.6. The predicted molar refractivity (Wildman–Crippen MR) is 132 cm³/mol. The number of hydrogen-bond acceptors (Lipinski definition) is 9. The Kier molecular flexibility index (Phi) is 8.33. The van der Waals surface area contributed by atoms with Crippen LogP contribution in [0, 0.1) is 0 Å². The van der Waals surface area contributed by atoms with E-state index in [1.165, 1.54) is 5.56 Å². The molecule has 0 bridgehead atoms. The van der Waals surface area contributed by atoms with Crippen LogP contribution < -0.4 is 21.3 Å². The van der Waals surface area contributed by atoms with Crippen molar-refractivity contribution in [1.29, 1.82) is 0 Å². The van der Waals surface area contributed by atoms with Gasteiger partial charge in [-0.2, -0.15) is 0 Å². The molecule has 1 aliphatic rings. The quantitative estimate of drug-likeness (QED) is 0.269. The van der Waals surface area contributed by atoms with Gasteiger partial charge in [0.2, 0.25) is 5.95 Å². The minimum Gasteiger partial charge on any atom is -0.480 e. The van der Waals surface area contributed by atoms with Crippen LogP contribution in [-0.2, 0) is 11.3 Å². The fourth-order valence-corrected chi connectivity index (χ4v) is 3.71. The average Bonchev–Trinajstić information content (AvgIpc) is 2.85. The van der Waals surface area contributed by atoms with Crippen LogP contribution in [0.3, 0.4) is 0 Å². The van der Waals surface area contributed by atoms with E-state index in [2.05, 4.69) is 59.3 Å². The molecule has 3 heterocycles. The molecule has 1 fully saturated rings. The molecule has 1 saturated heterocycles. The summed E-state index contributed by atoms with van der Waals surface area (Å²) in [6.45, 7) is 6.18. The Balaban J connectivity index is 1.34. The summed E-state index contributed by atoms with van der Waals surface area (Å²) in [7, 11) is 0. The van der Waals surface area contributed by atoms with Gasteiger partial charge in [-0.25, -0.2) is 15.0 Å². The van der Waals surface area contributed by atoms with E-state index in [1.54, 1.807) is 12.4 Å². The number of aromatic nitrogens is 3. The molecule has 0 aliphatic carbocycles. The molecule has 0 atom stereocenters. The smallest absolute Gasteiger partial charge is 0.317 e. The summed E-state index contributed by atoms with van der Waals surface area (Å²) in [6, 6.07) is 14.0. The van der Waals surface area contributed by atoms with Crippen LogP contribution in [0.15, 0.2) is 54.9 Å². The lowest BCUT2D eigenvalue weighted by molar-refractivity contribution is -0.135. The highest BCUT2D eigenvalue weighted by molar-refractivity contribution is 5.69. The van der Waals surface area contributed by atoms with Gasteiger partial charge in [0.25, 0.3) is 0 Å². The van der Waals surface area contributed by atoms with Gasteiger partial charge >= 0.3 is 5.97 Å². The lowest BCUT2D eigenvalue weighted by Crippen LogP contribution is -2.42. The van der Waals surface area contributed by atoms with E-state index >= 15 is 0 Å². The average molecular weight is 463 g/mol. The van der Waals surface area contributed by atoms with Crippen molar-refractivity contribution in [2.24, 2.45) is 0 Å².